The van der Waals surface area contributed by atoms with E-state index in [-0.39, 0.29) is 6.04 Å². The molecule has 1 unspecified atom stereocenters. The van der Waals surface area contributed by atoms with E-state index in [0.29, 0.717) is 24.0 Å². The van der Waals surface area contributed by atoms with Gasteiger partial charge >= 0.3 is 0 Å². The van der Waals surface area contributed by atoms with Gasteiger partial charge in [-0.1, -0.05) is 22.8 Å². The van der Waals surface area contributed by atoms with E-state index in [1.807, 2.05) is 24.3 Å². The summed E-state index contributed by atoms with van der Waals surface area (Å²) in [5.41, 5.74) is 0.851. The molecule has 25 heavy (non-hydrogen) atoms. The molecule has 1 saturated heterocycles. The zero-order chi connectivity index (χ0) is 18.1. The van der Waals surface area contributed by atoms with Crippen LogP contribution in [0.25, 0.3) is 11.5 Å². The number of nitrogens with zero attached hydrogens (tertiary/aromatic N) is 3. The Hall–Kier alpha value is -1.96. The topological polar surface area (TPSA) is 80.5 Å². The van der Waals surface area contributed by atoms with Crippen LogP contribution in [0.15, 0.2) is 28.8 Å². The quantitative estimate of drug-likeness (QED) is 0.814. The Bertz CT molecular complexity index is 659. The van der Waals surface area contributed by atoms with E-state index in [0.717, 1.165) is 37.6 Å². The van der Waals surface area contributed by atoms with Crippen LogP contribution in [0.4, 0.5) is 0 Å². The summed E-state index contributed by atoms with van der Waals surface area (Å²) < 4.78 is 9.51. The van der Waals surface area contributed by atoms with E-state index >= 15 is 0 Å². The Balaban J connectivity index is 0.000000399. The summed E-state index contributed by atoms with van der Waals surface area (Å²) in [7, 11) is 0. The van der Waals surface area contributed by atoms with Crippen molar-refractivity contribution in [2.45, 2.75) is 19.9 Å². The molecule has 1 aromatic carbocycles. The molecule has 0 bridgehead atoms. The Morgan fingerprint density at radius 2 is 2.20 bits per heavy atom. The largest absolute Gasteiger partial charge is 0.468 e. The number of hydrogen-bond donors (Lipinski definition) is 1. The second-order valence-electron chi connectivity index (χ2n) is 5.48. The van der Waals surface area contributed by atoms with Crippen LogP contribution in [0.1, 0.15) is 25.7 Å². The van der Waals surface area contributed by atoms with Crippen molar-refractivity contribution < 1.29 is 14.1 Å². The van der Waals surface area contributed by atoms with Gasteiger partial charge in [0.2, 0.25) is 0 Å². The lowest BCUT2D eigenvalue weighted by Crippen LogP contribution is -2.44. The highest BCUT2D eigenvalue weighted by atomic mass is 35.5. The van der Waals surface area contributed by atoms with E-state index in [9.17, 15) is 4.79 Å². The van der Waals surface area contributed by atoms with Gasteiger partial charge in [-0.2, -0.15) is 4.98 Å². The molecule has 0 spiro atoms. The lowest BCUT2D eigenvalue weighted by molar-refractivity contribution is -0.128. The zero-order valence-corrected chi connectivity index (χ0v) is 15.2. The molecule has 0 saturated carbocycles. The van der Waals surface area contributed by atoms with Crippen LogP contribution in [0.3, 0.4) is 0 Å². The number of halogens is 1. The molecular weight excluding hydrogens is 344 g/mol. The van der Waals surface area contributed by atoms with Crippen LogP contribution in [-0.4, -0.2) is 54.3 Å². The van der Waals surface area contributed by atoms with E-state index in [2.05, 4.69) is 32.0 Å². The molecule has 136 valence electrons. The zero-order valence-electron chi connectivity index (χ0n) is 14.4. The van der Waals surface area contributed by atoms with Gasteiger partial charge < -0.3 is 14.6 Å². The summed E-state index contributed by atoms with van der Waals surface area (Å²) in [5.74, 6) is 1.24. The van der Waals surface area contributed by atoms with Crippen molar-refractivity contribution in [1.29, 1.82) is 0 Å². The number of rotatable bonds is 5. The molecule has 1 aliphatic rings. The van der Waals surface area contributed by atoms with E-state index in [4.69, 9.17) is 16.1 Å². The molecule has 1 atom stereocenters. The Morgan fingerprint density at radius 1 is 1.44 bits per heavy atom. The summed E-state index contributed by atoms with van der Waals surface area (Å²) in [6.07, 6.45) is 0. The van der Waals surface area contributed by atoms with Gasteiger partial charge in [-0.15, -0.1) is 0 Å². The highest BCUT2D eigenvalue weighted by Gasteiger charge is 2.22. The van der Waals surface area contributed by atoms with Crippen molar-refractivity contribution in [2.24, 2.45) is 0 Å². The van der Waals surface area contributed by atoms with Crippen LogP contribution in [0, 0.1) is 0 Å². The second kappa shape index (κ2) is 10.1. The number of carbonyl (C=O) groups is 1. The van der Waals surface area contributed by atoms with Crippen molar-refractivity contribution in [3.05, 3.63) is 35.1 Å². The first-order valence-corrected chi connectivity index (χ1v) is 8.63. The van der Waals surface area contributed by atoms with Crippen LogP contribution < -0.4 is 5.32 Å². The number of piperazine rings is 1. The van der Waals surface area contributed by atoms with Crippen LogP contribution in [0.5, 0.6) is 0 Å². The fourth-order valence-electron chi connectivity index (χ4n) is 2.44. The molecule has 1 aromatic heterocycles. The summed E-state index contributed by atoms with van der Waals surface area (Å²) in [6, 6.07) is 7.61. The third-order valence-corrected chi connectivity index (χ3v) is 4.06. The molecule has 8 heteroatoms. The SMILES string of the molecule is CC(c1noc(-c2cccc(Cl)c2)n1)N1CCNCC1.CCOC=O. The van der Waals surface area contributed by atoms with Gasteiger partial charge in [0.15, 0.2) is 5.82 Å². The summed E-state index contributed by atoms with van der Waals surface area (Å²) in [5, 5.41) is 8.11. The Morgan fingerprint density at radius 3 is 2.80 bits per heavy atom. The Labute approximate surface area is 152 Å². The monoisotopic (exact) mass is 366 g/mol. The average Bonchev–Trinajstić information content (AvgIpc) is 3.13. The summed E-state index contributed by atoms with van der Waals surface area (Å²) in [4.78, 5) is 16.0. The van der Waals surface area contributed by atoms with Gasteiger partial charge in [-0.25, -0.2) is 0 Å². The molecule has 2 aromatic rings. The maximum atomic E-state index is 9.18. The predicted octanol–water partition coefficient (Wildman–Crippen LogP) is 2.54. The predicted molar refractivity (Wildman–Crippen MR) is 95.3 cm³/mol. The van der Waals surface area contributed by atoms with Gasteiger partial charge in [0.05, 0.1) is 12.6 Å². The lowest BCUT2D eigenvalue weighted by Gasteiger charge is -2.30. The Kier molecular flexibility index (Phi) is 7.84. The molecule has 2 heterocycles. The number of hydrogen-bond acceptors (Lipinski definition) is 7. The van der Waals surface area contributed by atoms with Gasteiger partial charge in [-0.3, -0.25) is 9.69 Å². The minimum absolute atomic E-state index is 0.161. The molecule has 3 rings (SSSR count). The van der Waals surface area contributed by atoms with Crippen molar-refractivity contribution in [1.82, 2.24) is 20.4 Å². The molecule has 0 amide bonds. The third kappa shape index (κ3) is 5.81. The fraction of sp³-hybridized carbons (Fsp3) is 0.471. The maximum Gasteiger partial charge on any atom is 0.293 e. The van der Waals surface area contributed by atoms with Crippen molar-refractivity contribution >= 4 is 18.1 Å². The molecular formula is C17H23ClN4O3. The average molecular weight is 367 g/mol. The van der Waals surface area contributed by atoms with Gasteiger partial charge in [0.25, 0.3) is 12.4 Å². The van der Waals surface area contributed by atoms with Gasteiger partial charge in [0, 0.05) is 36.8 Å². The fourth-order valence-corrected chi connectivity index (χ4v) is 2.63. The van der Waals surface area contributed by atoms with E-state index < -0.39 is 0 Å². The standard InChI is InChI=1S/C14H17ClN4O.C3H6O2/c1-10(19-7-5-16-6-8-19)13-17-14(20-18-13)11-3-2-4-12(15)9-11;1-2-5-3-4/h2-4,9-10,16H,5-8H2,1H3;3H,2H2,1H3. The summed E-state index contributed by atoms with van der Waals surface area (Å²) in [6.45, 7) is 8.78. The highest BCUT2D eigenvalue weighted by Crippen LogP contribution is 2.24. The normalized spacial score (nSPS) is 15.8. The van der Waals surface area contributed by atoms with Crippen molar-refractivity contribution in [2.75, 3.05) is 32.8 Å². The van der Waals surface area contributed by atoms with Crippen LogP contribution in [0.2, 0.25) is 5.02 Å². The van der Waals surface area contributed by atoms with Gasteiger partial charge in [0.1, 0.15) is 0 Å². The highest BCUT2D eigenvalue weighted by molar-refractivity contribution is 6.30. The minimum atomic E-state index is 0.161. The number of carbonyl (C=O) groups excluding carboxylic acids is 1. The molecule has 1 fully saturated rings. The molecule has 1 N–H and O–H groups in total. The number of benzene rings is 1. The first-order valence-electron chi connectivity index (χ1n) is 8.25. The first-order chi connectivity index (χ1) is 12.2. The van der Waals surface area contributed by atoms with E-state index in [1.165, 1.54) is 0 Å². The van der Waals surface area contributed by atoms with E-state index in [1.54, 1.807) is 6.92 Å². The maximum absolute atomic E-state index is 9.18. The van der Waals surface area contributed by atoms with Crippen LogP contribution >= 0.6 is 11.6 Å². The summed E-state index contributed by atoms with van der Waals surface area (Å²) >= 11 is 5.98. The second-order valence-corrected chi connectivity index (χ2v) is 5.92. The molecule has 7 nitrogen and oxygen atoms in total. The molecule has 1 aliphatic heterocycles. The molecule has 0 radical (unpaired) electrons. The third-order valence-electron chi connectivity index (χ3n) is 3.82. The lowest BCUT2D eigenvalue weighted by atomic mass is 10.2. The van der Waals surface area contributed by atoms with Crippen LogP contribution in [-0.2, 0) is 9.53 Å². The number of aromatic nitrogens is 2. The number of nitrogens with one attached hydrogen (secondary N) is 1. The van der Waals surface area contributed by atoms with Crippen molar-refractivity contribution in [3.63, 3.8) is 0 Å². The van der Waals surface area contributed by atoms with Crippen molar-refractivity contribution in [3.8, 4) is 11.5 Å². The number of ether oxygens (including phenoxy) is 1. The smallest absolute Gasteiger partial charge is 0.293 e. The van der Waals surface area contributed by atoms with Gasteiger partial charge in [-0.05, 0) is 32.0 Å². The minimum Gasteiger partial charge on any atom is -0.468 e. The molecule has 0 aliphatic carbocycles. The first kappa shape index (κ1) is 19.4.